The third-order valence-electron chi connectivity index (χ3n) is 8.37. The van der Waals surface area contributed by atoms with Gasteiger partial charge in [-0.05, 0) is 79.1 Å². The molecule has 1 N–H and O–H groups in total. The molecule has 2 aromatic carbocycles. The quantitative estimate of drug-likeness (QED) is 0.303. The number of hydrogen-bond acceptors (Lipinski definition) is 7. The van der Waals surface area contributed by atoms with Crippen LogP contribution in [0, 0.1) is 13.8 Å². The number of para-hydroxylation sites is 1. The summed E-state index contributed by atoms with van der Waals surface area (Å²) in [6, 6.07) is 16.8. The van der Waals surface area contributed by atoms with Crippen LogP contribution in [0.2, 0.25) is 0 Å². The molecule has 0 saturated carbocycles. The summed E-state index contributed by atoms with van der Waals surface area (Å²) in [7, 11) is 1.42. The Kier molecular flexibility index (Phi) is 7.95. The van der Waals surface area contributed by atoms with E-state index in [0.29, 0.717) is 24.2 Å². The molecule has 2 aliphatic rings. The van der Waals surface area contributed by atoms with Crippen LogP contribution in [0.5, 0.6) is 11.6 Å². The maximum atomic E-state index is 11.6. The number of pyridine rings is 1. The van der Waals surface area contributed by atoms with E-state index in [1.807, 2.05) is 37.3 Å². The van der Waals surface area contributed by atoms with E-state index in [9.17, 15) is 9.90 Å². The highest BCUT2D eigenvalue weighted by Gasteiger charge is 2.26. The molecule has 4 aromatic rings. The third kappa shape index (κ3) is 5.49. The average Bonchev–Trinajstić information content (AvgIpc) is 3.45. The number of carboxylic acids is 1. The molecular formula is C33H36N4O5. The maximum absolute atomic E-state index is 11.6. The topological polar surface area (TPSA) is 98.9 Å². The third-order valence-corrected chi connectivity index (χ3v) is 8.37. The minimum atomic E-state index is -1.11. The highest BCUT2D eigenvalue weighted by atomic mass is 16.5. The van der Waals surface area contributed by atoms with Gasteiger partial charge in [0.25, 0.3) is 0 Å². The Morgan fingerprint density at radius 3 is 2.67 bits per heavy atom. The number of aromatic nitrogens is 3. The zero-order chi connectivity index (χ0) is 29.2. The zero-order valence-corrected chi connectivity index (χ0v) is 24.3. The molecule has 42 heavy (non-hydrogen) atoms. The first-order chi connectivity index (χ1) is 20.4. The van der Waals surface area contributed by atoms with E-state index in [1.165, 1.54) is 40.2 Å². The van der Waals surface area contributed by atoms with Gasteiger partial charge in [0.2, 0.25) is 5.88 Å². The highest BCUT2D eigenvalue weighted by Crippen LogP contribution is 2.34. The van der Waals surface area contributed by atoms with Crippen molar-refractivity contribution in [1.29, 1.82) is 0 Å². The lowest BCUT2D eigenvalue weighted by atomic mass is 9.92. The van der Waals surface area contributed by atoms with Crippen LogP contribution in [-0.4, -0.2) is 63.7 Å². The van der Waals surface area contributed by atoms with Crippen molar-refractivity contribution in [3.8, 4) is 28.7 Å². The summed E-state index contributed by atoms with van der Waals surface area (Å²) >= 11 is 0. The normalized spacial score (nSPS) is 15.8. The van der Waals surface area contributed by atoms with Crippen LogP contribution in [0.1, 0.15) is 51.0 Å². The Labute approximate surface area is 245 Å². The van der Waals surface area contributed by atoms with Gasteiger partial charge in [-0.15, -0.1) is 0 Å². The van der Waals surface area contributed by atoms with Crippen molar-refractivity contribution in [3.63, 3.8) is 0 Å². The Balaban J connectivity index is 1.24. The van der Waals surface area contributed by atoms with Crippen LogP contribution in [0.3, 0.4) is 0 Å². The number of rotatable bonds is 8. The van der Waals surface area contributed by atoms with E-state index < -0.39 is 5.97 Å². The van der Waals surface area contributed by atoms with Gasteiger partial charge in [-0.1, -0.05) is 30.3 Å². The molecule has 1 fully saturated rings. The monoisotopic (exact) mass is 568 g/mol. The lowest BCUT2D eigenvalue weighted by Crippen LogP contribution is -2.42. The average molecular weight is 569 g/mol. The van der Waals surface area contributed by atoms with Crippen molar-refractivity contribution in [1.82, 2.24) is 19.7 Å². The predicted molar refractivity (Wildman–Crippen MR) is 159 cm³/mol. The second kappa shape index (κ2) is 12.0. The van der Waals surface area contributed by atoms with Crippen molar-refractivity contribution >= 4 is 5.97 Å². The minimum Gasteiger partial charge on any atom is -0.488 e. The summed E-state index contributed by atoms with van der Waals surface area (Å²) in [5.41, 5.74) is 7.78. The Morgan fingerprint density at radius 1 is 1.07 bits per heavy atom. The number of ether oxygens (including phenoxy) is 3. The molecule has 0 unspecified atom stereocenters. The number of aromatic carboxylic acids is 1. The second-order valence-corrected chi connectivity index (χ2v) is 11.0. The molecule has 0 spiro atoms. The zero-order valence-electron chi connectivity index (χ0n) is 24.3. The molecule has 2 aromatic heterocycles. The fraction of sp³-hybridized carbons (Fsp3) is 0.364. The van der Waals surface area contributed by atoms with Gasteiger partial charge in [-0.3, -0.25) is 4.90 Å². The van der Waals surface area contributed by atoms with Crippen LogP contribution in [0.15, 0.2) is 54.7 Å². The van der Waals surface area contributed by atoms with Gasteiger partial charge >= 0.3 is 5.97 Å². The molecule has 0 aliphatic carbocycles. The maximum Gasteiger partial charge on any atom is 0.342 e. The number of nitrogens with zero attached hydrogens (tertiary/aromatic N) is 4. The summed E-state index contributed by atoms with van der Waals surface area (Å²) in [6.07, 6.45) is 4.55. The van der Waals surface area contributed by atoms with Gasteiger partial charge in [0.05, 0.1) is 19.0 Å². The first kappa shape index (κ1) is 27.9. The number of carboxylic acid groups (broad SMARTS) is 1. The van der Waals surface area contributed by atoms with Gasteiger partial charge in [-0.25, -0.2) is 9.78 Å². The smallest absolute Gasteiger partial charge is 0.342 e. The standard InChI is InChI=1S/C33H36N4O5/c1-21-6-4-7-27(29-8-5-9-30(35-29)37-32(40-3)28(18-34-37)33(38)39)31(21)42-20-25-17-23-10-13-36(19-24(23)16-22(25)2)26-11-14-41-15-12-26/h4-9,16-18,26H,10-15,19-20H2,1-3H3,(H,38,39). The van der Waals surface area contributed by atoms with Crippen LogP contribution in [-0.2, 0) is 24.3 Å². The minimum absolute atomic E-state index is 0.0269. The van der Waals surface area contributed by atoms with E-state index in [-0.39, 0.29) is 11.4 Å². The van der Waals surface area contributed by atoms with Gasteiger partial charge in [0.1, 0.15) is 17.9 Å². The highest BCUT2D eigenvalue weighted by molar-refractivity contribution is 5.90. The summed E-state index contributed by atoms with van der Waals surface area (Å²) in [5, 5.41) is 13.7. The lowest BCUT2D eigenvalue weighted by Gasteiger charge is -2.37. The Bertz CT molecular complexity index is 1610. The molecule has 2 aliphatic heterocycles. The van der Waals surface area contributed by atoms with Crippen molar-refractivity contribution < 1.29 is 24.1 Å². The van der Waals surface area contributed by atoms with Crippen molar-refractivity contribution in [2.45, 2.75) is 52.3 Å². The number of methoxy groups -OCH3 is 1. The number of fused-ring (bicyclic) bond motifs is 1. The van der Waals surface area contributed by atoms with Gasteiger partial charge in [0, 0.05) is 37.9 Å². The first-order valence-corrected chi connectivity index (χ1v) is 14.4. The predicted octanol–water partition coefficient (Wildman–Crippen LogP) is 5.37. The summed E-state index contributed by atoms with van der Waals surface area (Å²) in [5.74, 6) is 0.220. The molecule has 9 nitrogen and oxygen atoms in total. The second-order valence-electron chi connectivity index (χ2n) is 11.0. The van der Waals surface area contributed by atoms with E-state index in [0.717, 1.165) is 62.4 Å². The van der Waals surface area contributed by atoms with Crippen molar-refractivity contribution in [3.05, 3.63) is 88.1 Å². The molecule has 218 valence electrons. The fourth-order valence-corrected chi connectivity index (χ4v) is 6.05. The van der Waals surface area contributed by atoms with Gasteiger partial charge in [-0.2, -0.15) is 9.78 Å². The van der Waals surface area contributed by atoms with Crippen molar-refractivity contribution in [2.24, 2.45) is 0 Å². The molecule has 9 heteroatoms. The van der Waals surface area contributed by atoms with E-state index in [4.69, 9.17) is 19.2 Å². The number of carbonyl (C=O) groups is 1. The van der Waals surface area contributed by atoms with Crippen LogP contribution < -0.4 is 9.47 Å². The Morgan fingerprint density at radius 2 is 1.88 bits per heavy atom. The Hall–Kier alpha value is -4.21. The molecule has 6 rings (SSSR count). The molecular weight excluding hydrogens is 532 g/mol. The van der Waals surface area contributed by atoms with E-state index in [1.54, 1.807) is 6.07 Å². The largest absolute Gasteiger partial charge is 0.488 e. The molecule has 0 radical (unpaired) electrons. The van der Waals surface area contributed by atoms with E-state index in [2.05, 4.69) is 29.1 Å². The number of benzene rings is 2. The molecule has 4 heterocycles. The first-order valence-electron chi connectivity index (χ1n) is 14.4. The SMILES string of the molecule is COc1c(C(=O)O)cnn1-c1cccc(-c2cccc(C)c2OCc2cc3c(cc2C)CN(C2CCOCC2)CC3)n1. The molecule has 0 amide bonds. The van der Waals surface area contributed by atoms with Crippen LogP contribution in [0.25, 0.3) is 17.1 Å². The van der Waals surface area contributed by atoms with E-state index >= 15 is 0 Å². The lowest BCUT2D eigenvalue weighted by molar-refractivity contribution is 0.0290. The fourth-order valence-electron chi connectivity index (χ4n) is 6.05. The molecule has 0 bridgehead atoms. The molecule has 0 atom stereocenters. The summed E-state index contributed by atoms with van der Waals surface area (Å²) < 4.78 is 18.8. The summed E-state index contributed by atoms with van der Waals surface area (Å²) in [6.45, 7) is 8.47. The van der Waals surface area contributed by atoms with Crippen LogP contribution >= 0.6 is 0 Å². The number of hydrogen-bond donors (Lipinski definition) is 1. The van der Waals surface area contributed by atoms with Gasteiger partial charge < -0.3 is 19.3 Å². The van der Waals surface area contributed by atoms with Gasteiger partial charge in [0.15, 0.2) is 5.82 Å². The molecule has 1 saturated heterocycles. The van der Waals surface area contributed by atoms with Crippen LogP contribution in [0.4, 0.5) is 0 Å². The van der Waals surface area contributed by atoms with Crippen molar-refractivity contribution in [2.75, 3.05) is 26.9 Å². The number of aryl methyl sites for hydroxylation is 2. The summed E-state index contributed by atoms with van der Waals surface area (Å²) in [4.78, 5) is 19.0.